The fourth-order valence-electron chi connectivity index (χ4n) is 2.61. The van der Waals surface area contributed by atoms with Gasteiger partial charge in [0.25, 0.3) is 0 Å². The summed E-state index contributed by atoms with van der Waals surface area (Å²) in [5.41, 5.74) is 6.16. The van der Waals surface area contributed by atoms with Gasteiger partial charge in [-0.3, -0.25) is 4.90 Å². The first-order chi connectivity index (χ1) is 10.8. The second-order valence-corrected chi connectivity index (χ2v) is 14.4. The lowest BCUT2D eigenvalue weighted by molar-refractivity contribution is 0.0101. The van der Waals surface area contributed by atoms with E-state index in [1.807, 2.05) is 0 Å². The minimum absolute atomic E-state index is 0.134. The molecule has 0 spiro atoms. The Morgan fingerprint density at radius 3 is 1.33 bits per heavy atom. The van der Waals surface area contributed by atoms with Crippen LogP contribution in [-0.4, -0.2) is 61.4 Å². The van der Waals surface area contributed by atoms with E-state index in [1.165, 1.54) is 0 Å². The van der Waals surface area contributed by atoms with Gasteiger partial charge in [0.05, 0.1) is 12.2 Å². The molecule has 0 aromatic carbocycles. The zero-order valence-corrected chi connectivity index (χ0v) is 20.3. The van der Waals surface area contributed by atoms with E-state index in [9.17, 15) is 0 Å². The summed E-state index contributed by atoms with van der Waals surface area (Å²) in [7, 11) is -2.16. The monoisotopic (exact) mass is 376 g/mol. The molecule has 4 nitrogen and oxygen atoms in total. The van der Waals surface area contributed by atoms with Gasteiger partial charge in [0, 0.05) is 26.2 Å². The van der Waals surface area contributed by atoms with Crippen LogP contribution in [0.5, 0.6) is 0 Å². The van der Waals surface area contributed by atoms with Crippen LogP contribution in [0, 0.1) is 10.8 Å². The van der Waals surface area contributed by atoms with E-state index in [0.717, 1.165) is 19.6 Å². The van der Waals surface area contributed by atoms with E-state index in [-0.39, 0.29) is 23.0 Å². The van der Waals surface area contributed by atoms with E-state index < -0.39 is 18.1 Å². The first-order valence-corrected chi connectivity index (χ1v) is 15.1. The molecule has 0 radical (unpaired) electrons. The maximum Gasteiger partial charge on any atom is 0.171 e. The molecule has 24 heavy (non-hydrogen) atoms. The summed E-state index contributed by atoms with van der Waals surface area (Å²) in [6.07, 6.45) is 0.486. The molecule has 0 aliphatic heterocycles. The Hall–Kier alpha value is 0.274. The molecule has 2 N–H and O–H groups in total. The van der Waals surface area contributed by atoms with Crippen LogP contribution in [0.15, 0.2) is 0 Å². The normalized spacial score (nSPS) is 16.2. The number of hydrogen-bond acceptors (Lipinski definition) is 4. The van der Waals surface area contributed by atoms with Gasteiger partial charge in [-0.25, -0.2) is 0 Å². The van der Waals surface area contributed by atoms with Crippen molar-refractivity contribution in [2.24, 2.45) is 16.6 Å². The smallest absolute Gasteiger partial charge is 0.171 e. The Balaban J connectivity index is 5.15. The van der Waals surface area contributed by atoms with Crippen LogP contribution < -0.4 is 5.73 Å². The zero-order valence-electron chi connectivity index (χ0n) is 18.0. The molecule has 0 fully saturated rings. The second kappa shape index (κ2) is 10.4. The van der Waals surface area contributed by atoms with Crippen molar-refractivity contribution in [1.29, 1.82) is 0 Å². The molecule has 0 aromatic heterocycles. The van der Waals surface area contributed by atoms with Gasteiger partial charge in [-0.2, -0.15) is 0 Å². The lowest BCUT2D eigenvalue weighted by atomic mass is 9.87. The molecule has 0 saturated carbocycles. The first-order valence-electron chi connectivity index (χ1n) is 9.50. The summed E-state index contributed by atoms with van der Waals surface area (Å²) >= 11 is 0. The van der Waals surface area contributed by atoms with E-state index in [0.29, 0.717) is 6.54 Å². The van der Waals surface area contributed by atoms with Crippen molar-refractivity contribution in [3.8, 4) is 0 Å². The summed E-state index contributed by atoms with van der Waals surface area (Å²) in [4.78, 5) is 2.46. The van der Waals surface area contributed by atoms with Crippen molar-refractivity contribution in [3.63, 3.8) is 0 Å². The van der Waals surface area contributed by atoms with Crippen LogP contribution in [0.3, 0.4) is 0 Å². The predicted octanol–water partition coefficient (Wildman–Crippen LogP) is 3.08. The molecule has 0 heterocycles. The molecule has 6 heteroatoms. The molecule has 146 valence electrons. The second-order valence-electron chi connectivity index (χ2n) is 9.63. The zero-order chi connectivity index (χ0) is 19.1. The van der Waals surface area contributed by atoms with Crippen LogP contribution in [0.4, 0.5) is 0 Å². The molecule has 0 saturated heterocycles. The topological polar surface area (TPSA) is 47.7 Å². The predicted molar refractivity (Wildman–Crippen MR) is 112 cm³/mol. The van der Waals surface area contributed by atoms with Crippen molar-refractivity contribution in [3.05, 3.63) is 0 Å². The van der Waals surface area contributed by atoms with Gasteiger partial charge >= 0.3 is 0 Å². The highest BCUT2D eigenvalue weighted by atomic mass is 28.3. The van der Waals surface area contributed by atoms with E-state index in [4.69, 9.17) is 14.6 Å². The average molecular weight is 377 g/mol. The first kappa shape index (κ1) is 24.3. The number of hydrogen-bond donors (Lipinski definition) is 1. The minimum Gasteiger partial charge on any atom is -0.416 e. The van der Waals surface area contributed by atoms with E-state index in [2.05, 4.69) is 72.6 Å². The van der Waals surface area contributed by atoms with Gasteiger partial charge in [-0.05, 0) is 37.0 Å². The van der Waals surface area contributed by atoms with E-state index >= 15 is 0 Å². The Labute approximate surface area is 154 Å². The highest BCUT2D eigenvalue weighted by molar-refractivity contribution is 6.48. The maximum absolute atomic E-state index is 6.36. The summed E-state index contributed by atoms with van der Waals surface area (Å²) in [6, 6.07) is 0. The molecule has 2 unspecified atom stereocenters. The summed E-state index contributed by atoms with van der Waals surface area (Å²) < 4.78 is 12.7. The minimum atomic E-state index is -1.08. The number of rotatable bonds is 10. The molecular weight excluding hydrogens is 332 g/mol. The molecule has 0 rings (SSSR count). The Morgan fingerprint density at radius 1 is 0.792 bits per heavy atom. The molecule has 0 aliphatic rings. The Bertz CT molecular complexity index is 309. The number of nitrogens with zero attached hydrogens (tertiary/aromatic N) is 1. The SMILES string of the molecule is C[SiH](C)OC(CN(CCN)CC(O[SiH](C)C)C(C)(C)C)C(C)(C)C. The third kappa shape index (κ3) is 10.3. The van der Waals surface area contributed by atoms with Gasteiger partial charge in [-0.1, -0.05) is 41.5 Å². The maximum atomic E-state index is 6.36. The summed E-state index contributed by atoms with van der Waals surface area (Å²) in [6.45, 7) is 26.1. The number of nitrogens with two attached hydrogens (primary N) is 1. The van der Waals surface area contributed by atoms with Crippen LogP contribution in [0.2, 0.25) is 26.2 Å². The largest absolute Gasteiger partial charge is 0.416 e. The summed E-state index contributed by atoms with van der Waals surface area (Å²) in [5, 5.41) is 0. The standard InChI is InChI=1S/C18H44N2O2Si2/c1-17(2,3)15(21-23(7)8)13-20(12-11-19)14-16(18(4,5)6)22-24(9)10/h15-16,23-24H,11-14,19H2,1-10H3. The van der Waals surface area contributed by atoms with Crippen molar-refractivity contribution >= 4 is 18.1 Å². The Kier molecular flexibility index (Phi) is 10.5. The van der Waals surface area contributed by atoms with E-state index in [1.54, 1.807) is 0 Å². The average Bonchev–Trinajstić information content (AvgIpc) is 2.33. The highest BCUT2D eigenvalue weighted by Crippen LogP contribution is 2.27. The molecule has 2 atom stereocenters. The van der Waals surface area contributed by atoms with Gasteiger partial charge in [0.2, 0.25) is 0 Å². The molecular formula is C18H44N2O2Si2. The van der Waals surface area contributed by atoms with Gasteiger partial charge in [0.1, 0.15) is 0 Å². The molecule has 0 aromatic rings. The van der Waals surface area contributed by atoms with Crippen LogP contribution in [0.25, 0.3) is 0 Å². The fourth-order valence-corrected chi connectivity index (χ4v) is 4.91. The van der Waals surface area contributed by atoms with Crippen molar-refractivity contribution < 1.29 is 8.85 Å². The van der Waals surface area contributed by atoms with Crippen molar-refractivity contribution in [2.45, 2.75) is 79.9 Å². The quantitative estimate of drug-likeness (QED) is 0.595. The molecule has 0 amide bonds. The summed E-state index contributed by atoms with van der Waals surface area (Å²) in [5.74, 6) is 0. The van der Waals surface area contributed by atoms with Gasteiger partial charge < -0.3 is 14.6 Å². The van der Waals surface area contributed by atoms with Gasteiger partial charge in [-0.15, -0.1) is 0 Å². The van der Waals surface area contributed by atoms with Gasteiger partial charge in [0.15, 0.2) is 18.1 Å². The molecule has 0 bridgehead atoms. The highest BCUT2D eigenvalue weighted by Gasteiger charge is 2.32. The lowest BCUT2D eigenvalue weighted by Gasteiger charge is -2.40. The molecule has 0 aliphatic carbocycles. The van der Waals surface area contributed by atoms with Crippen LogP contribution in [-0.2, 0) is 8.85 Å². The third-order valence-electron chi connectivity index (χ3n) is 4.10. The van der Waals surface area contributed by atoms with Crippen LogP contribution >= 0.6 is 0 Å². The van der Waals surface area contributed by atoms with Crippen molar-refractivity contribution in [1.82, 2.24) is 4.90 Å². The fraction of sp³-hybridized carbons (Fsp3) is 1.00. The van der Waals surface area contributed by atoms with Crippen LogP contribution in [0.1, 0.15) is 41.5 Å². The van der Waals surface area contributed by atoms with Crippen molar-refractivity contribution in [2.75, 3.05) is 26.2 Å². The lowest BCUT2D eigenvalue weighted by Crippen LogP contribution is -2.50. The Morgan fingerprint density at radius 2 is 1.12 bits per heavy atom. The third-order valence-corrected chi connectivity index (χ3v) is 5.84.